The van der Waals surface area contributed by atoms with Gasteiger partial charge in [-0.3, -0.25) is 9.69 Å². The Morgan fingerprint density at radius 3 is 2.84 bits per heavy atom. The molecule has 0 unspecified atom stereocenters. The average Bonchev–Trinajstić information content (AvgIpc) is 3.00. The number of piperazine rings is 1. The molecule has 0 aromatic heterocycles. The monoisotopic (exact) mass is 422 g/mol. The number of fused-ring (bicyclic) bond motifs is 2. The minimum absolute atomic E-state index is 0.0366. The first kappa shape index (κ1) is 21.1. The van der Waals surface area contributed by atoms with E-state index in [1.54, 1.807) is 11.1 Å². The first-order valence-electron chi connectivity index (χ1n) is 12.3. The van der Waals surface area contributed by atoms with Gasteiger partial charge in [0.2, 0.25) is 0 Å². The number of aryl methyl sites for hydroxylation is 1. The topological polar surface area (TPSA) is 32.8 Å². The molecule has 2 aliphatic heterocycles. The number of ether oxygens (including phenoxy) is 1. The Kier molecular flexibility index (Phi) is 5.40. The number of rotatable bonds is 3. The second-order valence-corrected chi connectivity index (χ2v) is 11.0. The molecule has 5 atom stereocenters. The zero-order valence-corrected chi connectivity index (χ0v) is 19.7. The Labute approximate surface area is 187 Å². The van der Waals surface area contributed by atoms with Crippen LogP contribution < -0.4 is 4.90 Å². The second kappa shape index (κ2) is 7.95. The number of benzene rings is 1. The maximum Gasteiger partial charge on any atom is 0.310 e. The largest absolute Gasteiger partial charge is 0.462 e. The summed E-state index contributed by atoms with van der Waals surface area (Å²) in [5.74, 6) is 0.465. The molecule has 2 saturated heterocycles. The standard InChI is InChI=1S/C27H38N2O2/c1-18-7-5-9-21(13-18)29-12-11-28(16-20(29)3)17-23-22-14-24-19(2)8-6-10-27(24,4)15-25(22)31-26(23)30/h5,7,9,13,20,22-23,25H,6,8,10-12,14-17H2,1-4H3/t20-,22+,23+,25+,27+/m0/s1. The van der Waals surface area contributed by atoms with E-state index in [4.69, 9.17) is 4.74 Å². The molecule has 4 heteroatoms. The van der Waals surface area contributed by atoms with Crippen LogP contribution in [0.2, 0.25) is 0 Å². The van der Waals surface area contributed by atoms with Gasteiger partial charge in [-0.1, -0.05) is 30.2 Å². The molecule has 2 heterocycles. The van der Waals surface area contributed by atoms with E-state index in [1.807, 2.05) is 0 Å². The summed E-state index contributed by atoms with van der Waals surface area (Å²) in [5.41, 5.74) is 6.13. The van der Waals surface area contributed by atoms with E-state index in [0.29, 0.717) is 12.0 Å². The molecule has 5 rings (SSSR count). The normalized spacial score (nSPS) is 36.3. The van der Waals surface area contributed by atoms with Crippen molar-refractivity contribution in [3.63, 3.8) is 0 Å². The highest BCUT2D eigenvalue weighted by Crippen LogP contribution is 2.55. The lowest BCUT2D eigenvalue weighted by Gasteiger charge is -2.46. The van der Waals surface area contributed by atoms with Crippen molar-refractivity contribution >= 4 is 11.7 Å². The van der Waals surface area contributed by atoms with Crippen LogP contribution in [0.15, 0.2) is 35.4 Å². The van der Waals surface area contributed by atoms with Gasteiger partial charge in [0.15, 0.2) is 0 Å². The van der Waals surface area contributed by atoms with Gasteiger partial charge in [0.1, 0.15) is 6.10 Å². The van der Waals surface area contributed by atoms with E-state index in [-0.39, 0.29) is 23.4 Å². The van der Waals surface area contributed by atoms with Gasteiger partial charge in [-0.2, -0.15) is 0 Å². The molecule has 168 valence electrons. The van der Waals surface area contributed by atoms with Crippen molar-refractivity contribution in [3.8, 4) is 0 Å². The van der Waals surface area contributed by atoms with Crippen molar-refractivity contribution in [3.05, 3.63) is 41.0 Å². The first-order chi connectivity index (χ1) is 14.8. The lowest BCUT2D eigenvalue weighted by molar-refractivity contribution is -0.145. The predicted octanol–water partition coefficient (Wildman–Crippen LogP) is 4.96. The van der Waals surface area contributed by atoms with Crippen molar-refractivity contribution in [2.45, 2.75) is 71.9 Å². The third kappa shape index (κ3) is 3.82. The summed E-state index contributed by atoms with van der Waals surface area (Å²) < 4.78 is 6.00. The van der Waals surface area contributed by atoms with Crippen LogP contribution in [0.1, 0.15) is 58.4 Å². The van der Waals surface area contributed by atoms with Gasteiger partial charge in [0, 0.05) is 43.8 Å². The minimum atomic E-state index is 0.0366. The first-order valence-corrected chi connectivity index (χ1v) is 12.3. The number of carbonyl (C=O) groups excluding carboxylic acids is 1. The number of hydrogen-bond donors (Lipinski definition) is 0. The zero-order valence-electron chi connectivity index (χ0n) is 19.7. The number of allylic oxidation sites excluding steroid dienone is 2. The van der Waals surface area contributed by atoms with E-state index in [9.17, 15) is 4.79 Å². The molecule has 2 aliphatic carbocycles. The summed E-state index contributed by atoms with van der Waals surface area (Å²) in [6.45, 7) is 13.1. The van der Waals surface area contributed by atoms with Crippen LogP contribution in [0.5, 0.6) is 0 Å². The van der Waals surface area contributed by atoms with Crippen LogP contribution in [-0.4, -0.2) is 49.2 Å². The molecule has 3 fully saturated rings. The number of esters is 1. The van der Waals surface area contributed by atoms with Crippen LogP contribution in [-0.2, 0) is 9.53 Å². The molecule has 1 aromatic carbocycles. The molecule has 0 N–H and O–H groups in total. The highest BCUT2D eigenvalue weighted by Gasteiger charge is 2.53. The van der Waals surface area contributed by atoms with E-state index in [1.165, 1.54) is 30.5 Å². The third-order valence-corrected chi connectivity index (χ3v) is 8.68. The Morgan fingerprint density at radius 2 is 2.06 bits per heavy atom. The maximum atomic E-state index is 12.9. The molecule has 1 aromatic rings. The summed E-state index contributed by atoms with van der Waals surface area (Å²) in [6.07, 6.45) is 6.00. The van der Waals surface area contributed by atoms with Gasteiger partial charge >= 0.3 is 5.97 Å². The van der Waals surface area contributed by atoms with Crippen LogP contribution in [0, 0.1) is 24.2 Å². The van der Waals surface area contributed by atoms with E-state index in [0.717, 1.165) is 39.0 Å². The highest BCUT2D eigenvalue weighted by molar-refractivity contribution is 5.76. The maximum absolute atomic E-state index is 12.9. The molecular weight excluding hydrogens is 384 g/mol. The number of anilines is 1. The molecule has 1 saturated carbocycles. The van der Waals surface area contributed by atoms with E-state index in [2.05, 4.69) is 61.8 Å². The minimum Gasteiger partial charge on any atom is -0.462 e. The van der Waals surface area contributed by atoms with Gasteiger partial charge in [-0.15, -0.1) is 0 Å². The quantitative estimate of drug-likeness (QED) is 0.509. The van der Waals surface area contributed by atoms with Gasteiger partial charge in [0.25, 0.3) is 0 Å². The summed E-state index contributed by atoms with van der Waals surface area (Å²) >= 11 is 0. The molecule has 0 amide bonds. The lowest BCUT2D eigenvalue weighted by atomic mass is 9.59. The molecule has 4 aliphatic rings. The summed E-state index contributed by atoms with van der Waals surface area (Å²) in [7, 11) is 0. The summed E-state index contributed by atoms with van der Waals surface area (Å²) in [4.78, 5) is 18.0. The molecule has 0 spiro atoms. The smallest absolute Gasteiger partial charge is 0.310 e. The van der Waals surface area contributed by atoms with Crippen molar-refractivity contribution in [1.29, 1.82) is 0 Å². The van der Waals surface area contributed by atoms with Gasteiger partial charge < -0.3 is 9.64 Å². The summed E-state index contributed by atoms with van der Waals surface area (Å²) in [5, 5.41) is 0. The molecule has 4 nitrogen and oxygen atoms in total. The van der Waals surface area contributed by atoms with Crippen LogP contribution in [0.4, 0.5) is 5.69 Å². The zero-order chi connectivity index (χ0) is 21.8. The van der Waals surface area contributed by atoms with Gasteiger partial charge in [-0.05, 0) is 76.0 Å². The number of hydrogen-bond acceptors (Lipinski definition) is 4. The Balaban J connectivity index is 1.27. The molecule has 0 radical (unpaired) electrons. The lowest BCUT2D eigenvalue weighted by Crippen LogP contribution is -2.53. The van der Waals surface area contributed by atoms with Crippen LogP contribution >= 0.6 is 0 Å². The predicted molar refractivity (Wildman–Crippen MR) is 125 cm³/mol. The molecule has 31 heavy (non-hydrogen) atoms. The van der Waals surface area contributed by atoms with Crippen molar-refractivity contribution in [2.24, 2.45) is 17.3 Å². The van der Waals surface area contributed by atoms with E-state index >= 15 is 0 Å². The van der Waals surface area contributed by atoms with Crippen LogP contribution in [0.3, 0.4) is 0 Å². The van der Waals surface area contributed by atoms with Crippen molar-refractivity contribution < 1.29 is 9.53 Å². The van der Waals surface area contributed by atoms with E-state index < -0.39 is 0 Å². The average molecular weight is 423 g/mol. The van der Waals surface area contributed by atoms with Gasteiger partial charge in [-0.25, -0.2) is 0 Å². The number of carbonyl (C=O) groups is 1. The summed E-state index contributed by atoms with van der Waals surface area (Å²) in [6, 6.07) is 9.26. The fourth-order valence-electron chi connectivity index (χ4n) is 6.99. The molecule has 0 bridgehead atoms. The fraction of sp³-hybridized carbons (Fsp3) is 0.667. The molecular formula is C27H38N2O2. The SMILES string of the molecule is CC1=C2C[C@H]3[C@@H](C[C@@]2(C)CCC1)OC(=O)[C@@H]3CN1CCN(c2cccc(C)c2)[C@@H](C)C1. The Bertz CT molecular complexity index is 893. The Hall–Kier alpha value is -1.81. The van der Waals surface area contributed by atoms with Crippen LogP contribution in [0.25, 0.3) is 0 Å². The number of nitrogens with zero attached hydrogens (tertiary/aromatic N) is 2. The van der Waals surface area contributed by atoms with Gasteiger partial charge in [0.05, 0.1) is 5.92 Å². The highest BCUT2D eigenvalue weighted by atomic mass is 16.6. The second-order valence-electron chi connectivity index (χ2n) is 11.0. The fourth-order valence-corrected chi connectivity index (χ4v) is 6.99. The van der Waals surface area contributed by atoms with Crippen molar-refractivity contribution in [2.75, 3.05) is 31.1 Å². The Morgan fingerprint density at radius 1 is 1.23 bits per heavy atom. The van der Waals surface area contributed by atoms with Crippen molar-refractivity contribution in [1.82, 2.24) is 4.90 Å². The third-order valence-electron chi connectivity index (χ3n) is 8.68.